The van der Waals surface area contributed by atoms with Gasteiger partial charge in [-0.05, 0) is 50.0 Å². The third kappa shape index (κ3) is 4.96. The molecule has 1 aromatic rings. The molecule has 0 radical (unpaired) electrons. The lowest BCUT2D eigenvalue weighted by Crippen LogP contribution is -2.35. The maximum Gasteiger partial charge on any atom is 0.254 e. The number of rotatable bonds is 5. The number of amides is 1. The SMILES string of the molecule is CSCCC(C)N(C)C(=O)c1cc(N)ccc1C.Cl. The highest BCUT2D eigenvalue weighted by molar-refractivity contribution is 7.98. The average molecular weight is 303 g/mol. The summed E-state index contributed by atoms with van der Waals surface area (Å²) in [7, 11) is 1.86. The summed E-state index contributed by atoms with van der Waals surface area (Å²) in [6.45, 7) is 4.02. The molecule has 1 unspecified atom stereocenters. The number of carbonyl (C=O) groups excluding carboxylic acids is 1. The molecule has 1 aromatic carbocycles. The fourth-order valence-corrected chi connectivity index (χ4v) is 2.32. The van der Waals surface area contributed by atoms with E-state index in [1.54, 1.807) is 22.7 Å². The van der Waals surface area contributed by atoms with Crippen molar-refractivity contribution in [1.29, 1.82) is 0 Å². The smallest absolute Gasteiger partial charge is 0.254 e. The van der Waals surface area contributed by atoms with E-state index in [4.69, 9.17) is 5.73 Å². The molecule has 19 heavy (non-hydrogen) atoms. The first-order valence-corrected chi connectivity index (χ1v) is 7.49. The van der Waals surface area contributed by atoms with Gasteiger partial charge < -0.3 is 10.6 Å². The molecule has 0 fully saturated rings. The summed E-state index contributed by atoms with van der Waals surface area (Å²) in [5.74, 6) is 1.11. The lowest BCUT2D eigenvalue weighted by molar-refractivity contribution is 0.0740. The second-order valence-corrected chi connectivity index (χ2v) is 5.61. The van der Waals surface area contributed by atoms with Crippen LogP contribution in [-0.2, 0) is 0 Å². The minimum Gasteiger partial charge on any atom is -0.399 e. The molecule has 0 aliphatic carbocycles. The first-order valence-electron chi connectivity index (χ1n) is 6.09. The lowest BCUT2D eigenvalue weighted by Gasteiger charge is -2.25. The third-order valence-electron chi connectivity index (χ3n) is 3.21. The second-order valence-electron chi connectivity index (χ2n) is 4.62. The number of hydrogen-bond acceptors (Lipinski definition) is 3. The van der Waals surface area contributed by atoms with E-state index >= 15 is 0 Å². The molecule has 0 heterocycles. The van der Waals surface area contributed by atoms with E-state index in [2.05, 4.69) is 13.2 Å². The number of thioether (sulfide) groups is 1. The van der Waals surface area contributed by atoms with Gasteiger partial charge in [0.1, 0.15) is 0 Å². The number of carbonyl (C=O) groups is 1. The van der Waals surface area contributed by atoms with Crippen LogP contribution >= 0.6 is 24.2 Å². The molecule has 2 N–H and O–H groups in total. The van der Waals surface area contributed by atoms with Crippen LogP contribution in [0.3, 0.4) is 0 Å². The van der Waals surface area contributed by atoms with Gasteiger partial charge in [-0.25, -0.2) is 0 Å². The Hall–Kier alpha value is -0.870. The fraction of sp³-hybridized carbons (Fsp3) is 0.500. The number of hydrogen-bond donors (Lipinski definition) is 1. The second kappa shape index (κ2) is 8.33. The number of nitrogens with two attached hydrogens (primary N) is 1. The normalized spacial score (nSPS) is 11.6. The minimum atomic E-state index is 0. The highest BCUT2D eigenvalue weighted by Crippen LogP contribution is 2.17. The molecule has 1 atom stereocenters. The van der Waals surface area contributed by atoms with Gasteiger partial charge in [-0.15, -0.1) is 12.4 Å². The molecule has 0 aliphatic rings. The summed E-state index contributed by atoms with van der Waals surface area (Å²) in [5, 5.41) is 0. The zero-order valence-electron chi connectivity index (χ0n) is 12.0. The van der Waals surface area contributed by atoms with Gasteiger partial charge in [-0.2, -0.15) is 11.8 Å². The Labute approximate surface area is 126 Å². The third-order valence-corrected chi connectivity index (χ3v) is 3.86. The molecular formula is C14H23ClN2OS. The molecular weight excluding hydrogens is 280 g/mol. The number of benzene rings is 1. The van der Waals surface area contributed by atoms with Crippen molar-refractivity contribution in [3.05, 3.63) is 29.3 Å². The van der Waals surface area contributed by atoms with Crippen molar-refractivity contribution in [2.75, 3.05) is 24.8 Å². The van der Waals surface area contributed by atoms with Crippen molar-refractivity contribution in [1.82, 2.24) is 4.90 Å². The molecule has 108 valence electrons. The standard InChI is InChI=1S/C14H22N2OS.ClH/c1-10-5-6-12(15)9-13(10)14(17)16(3)11(2)7-8-18-4;/h5-6,9,11H,7-8,15H2,1-4H3;1H. The van der Waals surface area contributed by atoms with Crippen molar-refractivity contribution in [2.45, 2.75) is 26.3 Å². The summed E-state index contributed by atoms with van der Waals surface area (Å²) in [4.78, 5) is 14.2. The van der Waals surface area contributed by atoms with E-state index in [1.165, 1.54) is 0 Å². The molecule has 1 amide bonds. The zero-order chi connectivity index (χ0) is 13.7. The largest absolute Gasteiger partial charge is 0.399 e. The molecule has 0 bridgehead atoms. The first kappa shape index (κ1) is 18.1. The Bertz CT molecular complexity index is 426. The number of nitrogens with zero attached hydrogens (tertiary/aromatic N) is 1. The Balaban J connectivity index is 0.00000324. The first-order chi connectivity index (χ1) is 8.47. The van der Waals surface area contributed by atoms with Crippen LogP contribution in [0.25, 0.3) is 0 Å². The van der Waals surface area contributed by atoms with Crippen molar-refractivity contribution >= 4 is 35.8 Å². The van der Waals surface area contributed by atoms with Gasteiger partial charge >= 0.3 is 0 Å². The maximum absolute atomic E-state index is 12.4. The minimum absolute atomic E-state index is 0. The molecule has 0 aliphatic heterocycles. The predicted molar refractivity (Wildman–Crippen MR) is 87.4 cm³/mol. The van der Waals surface area contributed by atoms with E-state index in [1.807, 2.05) is 26.1 Å². The van der Waals surface area contributed by atoms with Crippen molar-refractivity contribution in [3.8, 4) is 0 Å². The fourth-order valence-electron chi connectivity index (χ4n) is 1.74. The van der Waals surface area contributed by atoms with Gasteiger partial charge in [0.15, 0.2) is 0 Å². The van der Waals surface area contributed by atoms with Gasteiger partial charge in [0, 0.05) is 24.3 Å². The summed E-state index contributed by atoms with van der Waals surface area (Å²) in [5.41, 5.74) is 8.05. The van der Waals surface area contributed by atoms with Crippen LogP contribution in [0.2, 0.25) is 0 Å². The van der Waals surface area contributed by atoms with Crippen LogP contribution in [0, 0.1) is 6.92 Å². The van der Waals surface area contributed by atoms with Gasteiger partial charge in [0.05, 0.1) is 0 Å². The molecule has 1 rings (SSSR count). The van der Waals surface area contributed by atoms with Crippen LogP contribution in [0.5, 0.6) is 0 Å². The Morgan fingerprint density at radius 1 is 1.47 bits per heavy atom. The number of anilines is 1. The van der Waals surface area contributed by atoms with Gasteiger partial charge in [-0.3, -0.25) is 4.79 Å². The summed E-state index contributed by atoms with van der Waals surface area (Å²) < 4.78 is 0. The highest BCUT2D eigenvalue weighted by atomic mass is 35.5. The molecule has 3 nitrogen and oxygen atoms in total. The van der Waals surface area contributed by atoms with Crippen LogP contribution in [0.4, 0.5) is 5.69 Å². The van der Waals surface area contributed by atoms with Crippen molar-refractivity contribution in [2.24, 2.45) is 0 Å². The van der Waals surface area contributed by atoms with E-state index in [-0.39, 0.29) is 24.4 Å². The molecule has 0 spiro atoms. The Morgan fingerprint density at radius 3 is 2.68 bits per heavy atom. The van der Waals surface area contributed by atoms with E-state index in [9.17, 15) is 4.79 Å². The molecule has 0 saturated heterocycles. The average Bonchev–Trinajstić information content (AvgIpc) is 2.37. The van der Waals surface area contributed by atoms with E-state index in [0.29, 0.717) is 11.3 Å². The highest BCUT2D eigenvalue weighted by Gasteiger charge is 2.18. The number of nitrogen functional groups attached to an aromatic ring is 1. The van der Waals surface area contributed by atoms with Crippen molar-refractivity contribution in [3.63, 3.8) is 0 Å². The van der Waals surface area contributed by atoms with Gasteiger partial charge in [-0.1, -0.05) is 6.07 Å². The van der Waals surface area contributed by atoms with Crippen LogP contribution in [0.15, 0.2) is 18.2 Å². The Kier molecular flexibility index (Phi) is 7.95. The Morgan fingerprint density at radius 2 is 2.11 bits per heavy atom. The number of halogens is 1. The quantitative estimate of drug-likeness (QED) is 0.850. The summed E-state index contributed by atoms with van der Waals surface area (Å²) >= 11 is 1.80. The zero-order valence-corrected chi connectivity index (χ0v) is 13.6. The van der Waals surface area contributed by atoms with Crippen LogP contribution < -0.4 is 5.73 Å². The summed E-state index contributed by atoms with van der Waals surface area (Å²) in [6, 6.07) is 5.72. The molecule has 0 aromatic heterocycles. The van der Waals surface area contributed by atoms with Gasteiger partial charge in [0.2, 0.25) is 0 Å². The molecule has 5 heteroatoms. The van der Waals surface area contributed by atoms with Crippen molar-refractivity contribution < 1.29 is 4.79 Å². The lowest BCUT2D eigenvalue weighted by atomic mass is 10.1. The van der Waals surface area contributed by atoms with E-state index < -0.39 is 0 Å². The van der Waals surface area contributed by atoms with Crippen LogP contribution in [-0.4, -0.2) is 35.9 Å². The van der Waals surface area contributed by atoms with Gasteiger partial charge in [0.25, 0.3) is 5.91 Å². The summed E-state index contributed by atoms with van der Waals surface area (Å²) in [6.07, 6.45) is 3.08. The molecule has 0 saturated carbocycles. The number of aryl methyl sites for hydroxylation is 1. The predicted octanol–water partition coefficient (Wildman–Crippen LogP) is 3.21. The topological polar surface area (TPSA) is 46.3 Å². The van der Waals surface area contributed by atoms with E-state index in [0.717, 1.165) is 17.7 Å². The van der Waals surface area contributed by atoms with Crippen LogP contribution in [0.1, 0.15) is 29.3 Å². The monoisotopic (exact) mass is 302 g/mol. The maximum atomic E-state index is 12.4.